The van der Waals surface area contributed by atoms with Crippen molar-refractivity contribution in [2.75, 3.05) is 22.8 Å². The van der Waals surface area contributed by atoms with Crippen LogP contribution in [0, 0.1) is 19.7 Å². The SMILES string of the molecule is Cc1ccc(N(CC(=O)N/N=C\c2ccc(OCC(=O)Nc3ccc(F)cc3)cc2)S(=O)(=O)c2ccc(Cl)cc2)cc1C. The van der Waals surface area contributed by atoms with Crippen LogP contribution in [-0.4, -0.2) is 39.6 Å². The molecule has 222 valence electrons. The predicted octanol–water partition coefficient (Wildman–Crippen LogP) is 5.46. The van der Waals surface area contributed by atoms with Crippen LogP contribution in [0.4, 0.5) is 15.8 Å². The zero-order valence-electron chi connectivity index (χ0n) is 23.3. The van der Waals surface area contributed by atoms with Crippen LogP contribution in [0.1, 0.15) is 16.7 Å². The van der Waals surface area contributed by atoms with Gasteiger partial charge in [0, 0.05) is 10.7 Å². The smallest absolute Gasteiger partial charge is 0.264 e. The van der Waals surface area contributed by atoms with Crippen LogP contribution in [0.2, 0.25) is 5.02 Å². The number of aryl methyl sites for hydroxylation is 2. The fraction of sp³-hybridized carbons (Fsp3) is 0.129. The van der Waals surface area contributed by atoms with Gasteiger partial charge >= 0.3 is 0 Å². The molecule has 2 amide bonds. The second-order valence-corrected chi connectivity index (χ2v) is 11.7. The lowest BCUT2D eigenvalue weighted by Crippen LogP contribution is -2.39. The van der Waals surface area contributed by atoms with Crippen molar-refractivity contribution in [3.05, 3.63) is 119 Å². The highest BCUT2D eigenvalue weighted by Crippen LogP contribution is 2.26. The van der Waals surface area contributed by atoms with E-state index in [1.165, 1.54) is 54.7 Å². The Hall–Kier alpha value is -4.74. The Morgan fingerprint density at radius 3 is 2.23 bits per heavy atom. The van der Waals surface area contributed by atoms with Gasteiger partial charge in [-0.15, -0.1) is 0 Å². The molecule has 0 heterocycles. The number of benzene rings is 4. The molecule has 0 bridgehead atoms. The molecule has 4 aromatic carbocycles. The molecule has 0 atom stereocenters. The quantitative estimate of drug-likeness (QED) is 0.170. The molecule has 0 aliphatic carbocycles. The minimum atomic E-state index is -4.10. The number of ether oxygens (including phenoxy) is 1. The maximum absolute atomic E-state index is 13.5. The summed E-state index contributed by atoms with van der Waals surface area (Å²) in [6, 6.07) is 22.8. The number of amides is 2. The van der Waals surface area contributed by atoms with Crippen molar-refractivity contribution in [3.8, 4) is 5.75 Å². The van der Waals surface area contributed by atoms with E-state index in [4.69, 9.17) is 16.3 Å². The maximum atomic E-state index is 13.5. The second-order valence-electron chi connectivity index (χ2n) is 9.44. The van der Waals surface area contributed by atoms with Gasteiger partial charge in [-0.05, 0) is 115 Å². The molecule has 0 saturated carbocycles. The molecule has 0 radical (unpaired) electrons. The average molecular weight is 623 g/mol. The monoisotopic (exact) mass is 622 g/mol. The molecule has 12 heteroatoms. The van der Waals surface area contributed by atoms with Crippen molar-refractivity contribution in [2.45, 2.75) is 18.7 Å². The van der Waals surface area contributed by atoms with Crippen LogP contribution in [0.3, 0.4) is 0 Å². The zero-order chi connectivity index (χ0) is 31.0. The zero-order valence-corrected chi connectivity index (χ0v) is 24.8. The van der Waals surface area contributed by atoms with Crippen molar-refractivity contribution in [3.63, 3.8) is 0 Å². The van der Waals surface area contributed by atoms with E-state index in [-0.39, 0.29) is 11.5 Å². The third kappa shape index (κ3) is 8.63. The van der Waals surface area contributed by atoms with Crippen LogP contribution in [-0.2, 0) is 19.6 Å². The molecule has 0 spiro atoms. The summed E-state index contributed by atoms with van der Waals surface area (Å²) in [5.74, 6) is -1.04. The molecule has 9 nitrogen and oxygen atoms in total. The summed E-state index contributed by atoms with van der Waals surface area (Å²) in [5.41, 5.74) is 5.61. The van der Waals surface area contributed by atoms with Gasteiger partial charge in [-0.2, -0.15) is 5.10 Å². The number of hydrogen-bond donors (Lipinski definition) is 2. The molecule has 2 N–H and O–H groups in total. The van der Waals surface area contributed by atoms with Gasteiger partial charge in [0.15, 0.2) is 6.61 Å². The lowest BCUT2D eigenvalue weighted by atomic mass is 10.1. The van der Waals surface area contributed by atoms with E-state index in [1.807, 2.05) is 13.8 Å². The summed E-state index contributed by atoms with van der Waals surface area (Å²) in [5, 5.41) is 6.93. The van der Waals surface area contributed by atoms with Gasteiger partial charge in [-0.3, -0.25) is 13.9 Å². The van der Waals surface area contributed by atoms with Gasteiger partial charge in [-0.1, -0.05) is 17.7 Å². The summed E-state index contributed by atoms with van der Waals surface area (Å²) in [6.07, 6.45) is 1.39. The first-order valence-corrected chi connectivity index (χ1v) is 14.8. The van der Waals surface area contributed by atoms with Gasteiger partial charge in [0.1, 0.15) is 18.1 Å². The summed E-state index contributed by atoms with van der Waals surface area (Å²) < 4.78 is 46.5. The Morgan fingerprint density at radius 2 is 1.58 bits per heavy atom. The lowest BCUT2D eigenvalue weighted by molar-refractivity contribution is -0.119. The normalized spacial score (nSPS) is 11.3. The maximum Gasteiger partial charge on any atom is 0.264 e. The first-order chi connectivity index (χ1) is 20.5. The first kappa shape index (κ1) is 31.2. The van der Waals surface area contributed by atoms with E-state index in [1.54, 1.807) is 42.5 Å². The third-order valence-corrected chi connectivity index (χ3v) is 8.29. The summed E-state index contributed by atoms with van der Waals surface area (Å²) in [4.78, 5) is 24.9. The molecule has 0 unspecified atom stereocenters. The number of carbonyl (C=O) groups is 2. The summed E-state index contributed by atoms with van der Waals surface area (Å²) >= 11 is 5.94. The Bertz CT molecular complexity index is 1730. The highest BCUT2D eigenvalue weighted by atomic mass is 35.5. The molecule has 4 aromatic rings. The standard InChI is InChI=1S/C31H28ClFN4O5S/c1-21-3-12-27(17-22(21)2)37(43(40,41)29-15-6-24(32)7-16-29)19-30(38)36-34-18-23-4-13-28(14-5-23)42-20-31(39)35-26-10-8-25(33)9-11-26/h3-18H,19-20H2,1-2H3,(H,35,39)(H,36,38)/b34-18-. The number of hydrazone groups is 1. The van der Waals surface area contributed by atoms with Crippen LogP contribution in [0.15, 0.2) is 101 Å². The molecule has 0 saturated heterocycles. The largest absolute Gasteiger partial charge is 0.484 e. The van der Waals surface area contributed by atoms with E-state index in [0.29, 0.717) is 27.7 Å². The van der Waals surface area contributed by atoms with Gasteiger partial charge in [-0.25, -0.2) is 18.2 Å². The molecule has 4 rings (SSSR count). The minimum Gasteiger partial charge on any atom is -0.484 e. The Balaban J connectivity index is 1.36. The average Bonchev–Trinajstić information content (AvgIpc) is 2.98. The number of hydrogen-bond acceptors (Lipinski definition) is 6. The molecular weight excluding hydrogens is 595 g/mol. The van der Waals surface area contributed by atoms with E-state index < -0.39 is 34.2 Å². The molecule has 0 aliphatic heterocycles. The summed E-state index contributed by atoms with van der Waals surface area (Å²) in [6.45, 7) is 2.99. The second kappa shape index (κ2) is 14.0. The fourth-order valence-corrected chi connectivity index (χ4v) is 5.34. The Labute approximate surface area is 254 Å². The summed E-state index contributed by atoms with van der Waals surface area (Å²) in [7, 11) is -4.10. The minimum absolute atomic E-state index is 0.0123. The van der Waals surface area contributed by atoms with Crippen molar-refractivity contribution >= 4 is 51.0 Å². The number of carbonyl (C=O) groups excluding carboxylic acids is 2. The van der Waals surface area contributed by atoms with Crippen LogP contribution >= 0.6 is 11.6 Å². The molecule has 43 heavy (non-hydrogen) atoms. The number of anilines is 2. The van der Waals surface area contributed by atoms with E-state index in [2.05, 4.69) is 15.8 Å². The van der Waals surface area contributed by atoms with E-state index in [0.717, 1.165) is 15.4 Å². The topological polar surface area (TPSA) is 117 Å². The Morgan fingerprint density at radius 1 is 0.907 bits per heavy atom. The number of nitrogens with one attached hydrogen (secondary N) is 2. The van der Waals surface area contributed by atoms with Gasteiger partial charge < -0.3 is 10.1 Å². The first-order valence-electron chi connectivity index (χ1n) is 13.0. The van der Waals surface area contributed by atoms with Crippen LogP contribution < -0.4 is 19.8 Å². The van der Waals surface area contributed by atoms with E-state index in [9.17, 15) is 22.4 Å². The molecule has 0 aromatic heterocycles. The van der Waals surface area contributed by atoms with Crippen molar-refractivity contribution in [1.82, 2.24) is 5.43 Å². The third-order valence-electron chi connectivity index (χ3n) is 6.25. The molecular formula is C31H28ClFN4O5S. The van der Waals surface area contributed by atoms with Gasteiger partial charge in [0.25, 0.3) is 21.8 Å². The lowest BCUT2D eigenvalue weighted by Gasteiger charge is -2.24. The highest BCUT2D eigenvalue weighted by molar-refractivity contribution is 7.92. The number of halogens is 2. The number of nitrogens with zero attached hydrogens (tertiary/aromatic N) is 2. The van der Waals surface area contributed by atoms with Crippen LogP contribution in [0.25, 0.3) is 0 Å². The molecule has 0 aliphatic rings. The van der Waals surface area contributed by atoms with Crippen molar-refractivity contribution in [1.29, 1.82) is 0 Å². The van der Waals surface area contributed by atoms with E-state index >= 15 is 0 Å². The fourth-order valence-electron chi connectivity index (χ4n) is 3.80. The number of sulfonamides is 1. The predicted molar refractivity (Wildman–Crippen MR) is 165 cm³/mol. The molecule has 0 fully saturated rings. The van der Waals surface area contributed by atoms with Crippen LogP contribution in [0.5, 0.6) is 5.75 Å². The number of rotatable bonds is 11. The Kier molecular flexibility index (Phi) is 10.1. The van der Waals surface area contributed by atoms with Gasteiger partial charge in [0.05, 0.1) is 16.8 Å². The highest BCUT2D eigenvalue weighted by Gasteiger charge is 2.27. The van der Waals surface area contributed by atoms with Crippen molar-refractivity contribution < 1.29 is 27.1 Å². The van der Waals surface area contributed by atoms with Gasteiger partial charge in [0.2, 0.25) is 0 Å². The van der Waals surface area contributed by atoms with Crippen molar-refractivity contribution in [2.24, 2.45) is 5.10 Å².